The monoisotopic (exact) mass is 572 g/mol. The first kappa shape index (κ1) is 30.6. The lowest BCUT2D eigenvalue weighted by atomic mass is 9.77. The molecule has 1 saturated carbocycles. The van der Waals surface area contributed by atoms with Gasteiger partial charge in [0.25, 0.3) is 0 Å². The third-order valence-electron chi connectivity index (χ3n) is 8.62. The second-order valence-electron chi connectivity index (χ2n) is 11.6. The summed E-state index contributed by atoms with van der Waals surface area (Å²) in [4.78, 5) is 0. The third kappa shape index (κ3) is 8.59. The van der Waals surface area contributed by atoms with Gasteiger partial charge in [0.15, 0.2) is 0 Å². The molecule has 40 heavy (non-hydrogen) atoms. The van der Waals surface area contributed by atoms with Gasteiger partial charge in [0.2, 0.25) is 0 Å². The van der Waals surface area contributed by atoms with E-state index in [0.29, 0.717) is 17.9 Å². The van der Waals surface area contributed by atoms with Gasteiger partial charge < -0.3 is 0 Å². The van der Waals surface area contributed by atoms with Gasteiger partial charge in [0.05, 0.1) is 5.56 Å². The van der Waals surface area contributed by atoms with E-state index >= 15 is 0 Å². The van der Waals surface area contributed by atoms with Gasteiger partial charge in [-0.1, -0.05) is 94.2 Å². The van der Waals surface area contributed by atoms with Gasteiger partial charge in [-0.15, -0.1) is 0 Å². The third-order valence-corrected chi connectivity index (χ3v) is 8.98. The molecule has 0 N–H and O–H groups in total. The van der Waals surface area contributed by atoms with Crippen molar-refractivity contribution in [3.05, 3.63) is 93.5 Å². The molecule has 0 amide bonds. The van der Waals surface area contributed by atoms with Crippen LogP contribution in [-0.2, 0) is 19.3 Å². The van der Waals surface area contributed by atoms with Crippen LogP contribution in [0, 0.1) is 35.1 Å². The summed E-state index contributed by atoms with van der Waals surface area (Å²) in [7, 11) is 0. The number of benzene rings is 3. The molecule has 0 nitrogen and oxygen atoms in total. The molecule has 0 aromatic heterocycles. The minimum atomic E-state index is -1.04. The Morgan fingerprint density at radius 2 is 1.07 bits per heavy atom. The van der Waals surface area contributed by atoms with E-state index in [-0.39, 0.29) is 5.56 Å². The van der Waals surface area contributed by atoms with Gasteiger partial charge in [-0.25, -0.2) is 17.6 Å². The summed E-state index contributed by atoms with van der Waals surface area (Å²) in [6.07, 6.45) is 16.3. The highest BCUT2D eigenvalue weighted by Gasteiger charge is 2.22. The second kappa shape index (κ2) is 15.1. The van der Waals surface area contributed by atoms with Crippen molar-refractivity contribution in [2.45, 2.75) is 96.8 Å². The summed E-state index contributed by atoms with van der Waals surface area (Å²) in [5.41, 5.74) is 2.81. The summed E-state index contributed by atoms with van der Waals surface area (Å²) in [5.74, 6) is -2.44. The Balaban J connectivity index is 1.20. The van der Waals surface area contributed by atoms with E-state index in [1.54, 1.807) is 0 Å². The highest BCUT2D eigenvalue weighted by atomic mass is 35.5. The number of halogens is 5. The van der Waals surface area contributed by atoms with Crippen LogP contribution in [0.2, 0.25) is 5.02 Å². The smallest absolute Gasteiger partial charge is 0.145 e. The van der Waals surface area contributed by atoms with Gasteiger partial charge in [-0.05, 0) is 96.9 Å². The molecule has 1 aliphatic carbocycles. The van der Waals surface area contributed by atoms with Crippen LogP contribution in [0.3, 0.4) is 0 Å². The second-order valence-corrected chi connectivity index (χ2v) is 12.0. The van der Waals surface area contributed by atoms with E-state index in [2.05, 4.69) is 31.2 Å². The highest BCUT2D eigenvalue weighted by Crippen LogP contribution is 2.35. The molecule has 0 radical (unpaired) electrons. The summed E-state index contributed by atoms with van der Waals surface area (Å²) in [5, 5.41) is -0.687. The van der Waals surface area contributed by atoms with Crippen molar-refractivity contribution in [3.8, 4) is 11.1 Å². The van der Waals surface area contributed by atoms with Crippen LogP contribution in [0.1, 0.15) is 94.2 Å². The summed E-state index contributed by atoms with van der Waals surface area (Å²) < 4.78 is 57.2. The average Bonchev–Trinajstić information content (AvgIpc) is 2.94. The van der Waals surface area contributed by atoms with Crippen molar-refractivity contribution < 1.29 is 17.6 Å². The normalized spacial score (nSPS) is 17.4. The summed E-state index contributed by atoms with van der Waals surface area (Å²) in [6.45, 7) is 2.25. The molecule has 4 rings (SSSR count). The molecule has 1 aliphatic rings. The van der Waals surface area contributed by atoms with E-state index in [1.165, 1.54) is 81.0 Å². The Labute approximate surface area is 242 Å². The molecule has 5 heteroatoms. The lowest BCUT2D eigenvalue weighted by Gasteiger charge is -2.28. The fourth-order valence-corrected chi connectivity index (χ4v) is 6.21. The minimum Gasteiger partial charge on any atom is -0.206 e. The molecular formula is C35H41ClF4. The van der Waals surface area contributed by atoms with Crippen molar-refractivity contribution in [2.24, 2.45) is 11.8 Å². The topological polar surface area (TPSA) is 0 Å². The van der Waals surface area contributed by atoms with Crippen LogP contribution < -0.4 is 0 Å². The van der Waals surface area contributed by atoms with Gasteiger partial charge in [0, 0.05) is 0 Å². The summed E-state index contributed by atoms with van der Waals surface area (Å²) in [6, 6.07) is 13.5. The lowest BCUT2D eigenvalue weighted by molar-refractivity contribution is 0.253. The predicted molar refractivity (Wildman–Crippen MR) is 158 cm³/mol. The first-order valence-electron chi connectivity index (χ1n) is 15.0. The van der Waals surface area contributed by atoms with E-state index in [4.69, 9.17) is 11.6 Å². The van der Waals surface area contributed by atoms with Crippen molar-refractivity contribution in [1.82, 2.24) is 0 Å². The maximum Gasteiger partial charge on any atom is 0.145 e. The van der Waals surface area contributed by atoms with Gasteiger partial charge in [-0.2, -0.15) is 0 Å². The first-order chi connectivity index (χ1) is 19.3. The van der Waals surface area contributed by atoms with Gasteiger partial charge in [-0.3, -0.25) is 0 Å². The van der Waals surface area contributed by atoms with Crippen molar-refractivity contribution >= 4 is 11.6 Å². The quantitative estimate of drug-likeness (QED) is 0.108. The minimum absolute atomic E-state index is 0.201. The van der Waals surface area contributed by atoms with E-state index in [0.717, 1.165) is 43.7 Å². The number of hydrogen-bond donors (Lipinski definition) is 0. The lowest BCUT2D eigenvalue weighted by Crippen LogP contribution is -2.16. The number of rotatable bonds is 13. The molecule has 0 unspecified atom stereocenters. The number of aryl methyl sites for hydroxylation is 3. The number of hydrogen-bond acceptors (Lipinski definition) is 0. The average molecular weight is 573 g/mol. The maximum atomic E-state index is 14.8. The van der Waals surface area contributed by atoms with Crippen LogP contribution >= 0.6 is 11.6 Å². The Bertz CT molecular complexity index is 1180. The van der Waals surface area contributed by atoms with Crippen molar-refractivity contribution in [1.29, 1.82) is 0 Å². The SMILES string of the molecule is CCCCCCCc1ccc(CCC2CCC(CCc3cc(F)c(-c4cc(F)c(Cl)c(F)c4)c(F)c3)CC2)cc1. The van der Waals surface area contributed by atoms with Crippen LogP contribution in [0.15, 0.2) is 48.5 Å². The molecule has 3 aromatic carbocycles. The van der Waals surface area contributed by atoms with E-state index in [9.17, 15) is 17.6 Å². The molecule has 1 fully saturated rings. The van der Waals surface area contributed by atoms with Crippen molar-refractivity contribution in [3.63, 3.8) is 0 Å². The van der Waals surface area contributed by atoms with Crippen LogP contribution in [0.4, 0.5) is 17.6 Å². The van der Waals surface area contributed by atoms with E-state index < -0.39 is 33.9 Å². The molecule has 0 saturated heterocycles. The Morgan fingerprint density at radius 3 is 1.60 bits per heavy atom. The van der Waals surface area contributed by atoms with Crippen LogP contribution in [-0.4, -0.2) is 0 Å². The standard InChI is InChI=1S/C35H41ClF4/c1-2-3-4-5-6-7-24-8-10-25(11-9-24)12-13-26-14-16-27(17-15-26)18-19-28-20-30(37)34(31(38)21-28)29-22-32(39)35(36)33(40)23-29/h8-11,20-23,26-27H,2-7,12-19H2,1H3. The zero-order chi connectivity index (χ0) is 28.5. The van der Waals surface area contributed by atoms with E-state index in [1.807, 2.05) is 0 Å². The summed E-state index contributed by atoms with van der Waals surface area (Å²) >= 11 is 5.50. The number of unbranched alkanes of at least 4 members (excludes halogenated alkanes) is 4. The molecule has 0 bridgehead atoms. The van der Waals surface area contributed by atoms with Crippen LogP contribution in [0.25, 0.3) is 11.1 Å². The first-order valence-corrected chi connectivity index (χ1v) is 15.4. The zero-order valence-electron chi connectivity index (χ0n) is 23.6. The predicted octanol–water partition coefficient (Wildman–Crippen LogP) is 11.4. The molecule has 0 atom stereocenters. The maximum absolute atomic E-state index is 14.8. The molecule has 0 spiro atoms. The largest absolute Gasteiger partial charge is 0.206 e. The molecule has 0 aliphatic heterocycles. The molecule has 3 aromatic rings. The van der Waals surface area contributed by atoms with Crippen LogP contribution in [0.5, 0.6) is 0 Å². The Hall–Kier alpha value is -2.33. The molecule has 216 valence electrons. The van der Waals surface area contributed by atoms with Gasteiger partial charge >= 0.3 is 0 Å². The zero-order valence-corrected chi connectivity index (χ0v) is 24.3. The Morgan fingerprint density at radius 1 is 0.600 bits per heavy atom. The van der Waals surface area contributed by atoms with Crippen molar-refractivity contribution in [2.75, 3.05) is 0 Å². The highest BCUT2D eigenvalue weighted by molar-refractivity contribution is 6.31. The molecular weight excluding hydrogens is 532 g/mol. The Kier molecular flexibility index (Phi) is 11.5. The molecule has 0 heterocycles. The fraction of sp³-hybridized carbons (Fsp3) is 0.486. The van der Waals surface area contributed by atoms with Gasteiger partial charge in [0.1, 0.15) is 28.3 Å². The fourth-order valence-electron chi connectivity index (χ4n) is 6.10.